The molecule has 0 bridgehead atoms. The third-order valence-corrected chi connectivity index (χ3v) is 3.81. The highest BCUT2D eigenvalue weighted by Gasteiger charge is 2.21. The van der Waals surface area contributed by atoms with Gasteiger partial charge in [0.25, 0.3) is 0 Å². The van der Waals surface area contributed by atoms with Gasteiger partial charge in [0.1, 0.15) is 6.04 Å². The summed E-state index contributed by atoms with van der Waals surface area (Å²) >= 11 is 1.70. The molecule has 0 aliphatic heterocycles. The van der Waals surface area contributed by atoms with Crippen LogP contribution in [0.2, 0.25) is 0 Å². The fourth-order valence-corrected chi connectivity index (χ4v) is 2.48. The topological polar surface area (TPSA) is 38.3 Å². The number of hydrogen-bond acceptors (Lipinski definition) is 4. The van der Waals surface area contributed by atoms with Crippen LogP contribution in [-0.4, -0.2) is 19.1 Å². The number of carbonyl (C=O) groups excluding carboxylic acids is 1. The van der Waals surface area contributed by atoms with Crippen LogP contribution in [0.15, 0.2) is 17.5 Å². The molecule has 0 saturated carbocycles. The molecule has 0 amide bonds. The van der Waals surface area contributed by atoms with E-state index in [9.17, 15) is 4.79 Å². The third-order valence-electron chi connectivity index (χ3n) is 2.75. The Bertz CT molecular complexity index is 324. The van der Waals surface area contributed by atoms with Crippen LogP contribution < -0.4 is 5.32 Å². The molecule has 0 aromatic carbocycles. The minimum atomic E-state index is -0.197. The highest BCUT2D eigenvalue weighted by molar-refractivity contribution is 7.10. The SMILES string of the molecule is CCCCC(N[C@H](C)c1cccs1)C(=O)OC. The molecule has 0 spiro atoms. The van der Waals surface area contributed by atoms with Crippen LogP contribution in [0.3, 0.4) is 0 Å². The van der Waals surface area contributed by atoms with E-state index in [0.717, 1.165) is 19.3 Å². The lowest BCUT2D eigenvalue weighted by Gasteiger charge is -2.20. The predicted molar refractivity (Wildman–Crippen MR) is 71.2 cm³/mol. The lowest BCUT2D eigenvalue weighted by Crippen LogP contribution is -2.38. The van der Waals surface area contributed by atoms with Crippen molar-refractivity contribution in [3.05, 3.63) is 22.4 Å². The summed E-state index contributed by atoms with van der Waals surface area (Å²) in [5.74, 6) is -0.165. The van der Waals surface area contributed by atoms with E-state index in [-0.39, 0.29) is 18.1 Å². The Kier molecular flexibility index (Phi) is 6.22. The van der Waals surface area contributed by atoms with Crippen molar-refractivity contribution >= 4 is 17.3 Å². The second-order valence-electron chi connectivity index (χ2n) is 4.12. The van der Waals surface area contributed by atoms with E-state index < -0.39 is 0 Å². The second kappa shape index (κ2) is 7.45. The van der Waals surface area contributed by atoms with Gasteiger partial charge in [0, 0.05) is 10.9 Å². The molecule has 1 N–H and O–H groups in total. The molecular weight excluding hydrogens is 234 g/mol. The average molecular weight is 255 g/mol. The maximum absolute atomic E-state index is 11.6. The zero-order valence-corrected chi connectivity index (χ0v) is 11.5. The molecular formula is C13H21NO2S. The molecule has 1 aromatic rings. The lowest BCUT2D eigenvalue weighted by molar-refractivity contribution is -0.143. The van der Waals surface area contributed by atoms with E-state index >= 15 is 0 Å². The van der Waals surface area contributed by atoms with Gasteiger partial charge in [0.2, 0.25) is 0 Å². The largest absolute Gasteiger partial charge is 0.468 e. The quantitative estimate of drug-likeness (QED) is 0.761. The fourth-order valence-electron chi connectivity index (χ4n) is 1.74. The molecule has 0 aliphatic rings. The van der Waals surface area contributed by atoms with Crippen molar-refractivity contribution in [2.75, 3.05) is 7.11 Å². The van der Waals surface area contributed by atoms with E-state index in [1.807, 2.05) is 11.4 Å². The van der Waals surface area contributed by atoms with E-state index in [4.69, 9.17) is 4.74 Å². The third kappa shape index (κ3) is 4.48. The summed E-state index contributed by atoms with van der Waals surface area (Å²) in [6.45, 7) is 4.20. The molecule has 4 heteroatoms. The molecule has 0 aliphatic carbocycles. The Morgan fingerprint density at radius 3 is 2.88 bits per heavy atom. The van der Waals surface area contributed by atoms with Crippen molar-refractivity contribution in [2.24, 2.45) is 0 Å². The van der Waals surface area contributed by atoms with Gasteiger partial charge in [-0.15, -0.1) is 11.3 Å². The molecule has 96 valence electrons. The number of methoxy groups -OCH3 is 1. The fraction of sp³-hybridized carbons (Fsp3) is 0.615. The van der Waals surface area contributed by atoms with Gasteiger partial charge < -0.3 is 4.74 Å². The number of nitrogens with one attached hydrogen (secondary N) is 1. The summed E-state index contributed by atoms with van der Waals surface area (Å²) in [5, 5.41) is 5.39. The number of esters is 1. The predicted octanol–water partition coefficient (Wildman–Crippen LogP) is 3.13. The highest BCUT2D eigenvalue weighted by Crippen LogP contribution is 2.19. The van der Waals surface area contributed by atoms with E-state index in [2.05, 4.69) is 25.2 Å². The summed E-state index contributed by atoms with van der Waals surface area (Å²) in [7, 11) is 1.44. The maximum Gasteiger partial charge on any atom is 0.322 e. The van der Waals surface area contributed by atoms with Crippen LogP contribution in [0.25, 0.3) is 0 Å². The summed E-state index contributed by atoms with van der Waals surface area (Å²) in [4.78, 5) is 12.9. The monoisotopic (exact) mass is 255 g/mol. The zero-order chi connectivity index (χ0) is 12.7. The van der Waals surface area contributed by atoms with Crippen molar-refractivity contribution in [1.29, 1.82) is 0 Å². The Balaban J connectivity index is 2.55. The lowest BCUT2D eigenvalue weighted by atomic mass is 10.1. The zero-order valence-electron chi connectivity index (χ0n) is 10.7. The van der Waals surface area contributed by atoms with Crippen LogP contribution in [0, 0.1) is 0 Å². The van der Waals surface area contributed by atoms with E-state index in [1.165, 1.54) is 12.0 Å². The van der Waals surface area contributed by atoms with Gasteiger partial charge >= 0.3 is 5.97 Å². The standard InChI is InChI=1S/C13H21NO2S/c1-4-5-7-11(13(15)16-3)14-10(2)12-8-6-9-17-12/h6,8-11,14H,4-5,7H2,1-3H3/t10-,11?/m1/s1. The molecule has 0 saturated heterocycles. The number of carbonyl (C=O) groups is 1. The van der Waals surface area contributed by atoms with Crippen molar-refractivity contribution < 1.29 is 9.53 Å². The number of unbranched alkanes of at least 4 members (excludes halogenated alkanes) is 1. The molecule has 1 aromatic heterocycles. The van der Waals surface area contributed by atoms with Crippen LogP contribution in [0.1, 0.15) is 44.0 Å². The van der Waals surface area contributed by atoms with Gasteiger partial charge in [-0.2, -0.15) is 0 Å². The minimum Gasteiger partial charge on any atom is -0.468 e. The first-order chi connectivity index (χ1) is 8.19. The molecule has 1 heterocycles. The van der Waals surface area contributed by atoms with Crippen molar-refractivity contribution in [1.82, 2.24) is 5.32 Å². The number of rotatable bonds is 7. The van der Waals surface area contributed by atoms with Gasteiger partial charge in [0.15, 0.2) is 0 Å². The molecule has 17 heavy (non-hydrogen) atoms. The van der Waals surface area contributed by atoms with E-state index in [1.54, 1.807) is 11.3 Å². The van der Waals surface area contributed by atoms with Crippen LogP contribution >= 0.6 is 11.3 Å². The van der Waals surface area contributed by atoms with Gasteiger partial charge in [-0.25, -0.2) is 0 Å². The molecule has 0 radical (unpaired) electrons. The molecule has 2 atom stereocenters. The summed E-state index contributed by atoms with van der Waals surface area (Å²) in [5.41, 5.74) is 0. The van der Waals surface area contributed by atoms with Crippen molar-refractivity contribution in [3.63, 3.8) is 0 Å². The Hall–Kier alpha value is -0.870. The number of hydrogen-bond donors (Lipinski definition) is 1. The maximum atomic E-state index is 11.6. The first kappa shape index (κ1) is 14.2. The van der Waals surface area contributed by atoms with Crippen LogP contribution in [-0.2, 0) is 9.53 Å². The Morgan fingerprint density at radius 2 is 2.35 bits per heavy atom. The van der Waals surface area contributed by atoms with Gasteiger partial charge in [-0.3, -0.25) is 10.1 Å². The Morgan fingerprint density at radius 1 is 1.59 bits per heavy atom. The van der Waals surface area contributed by atoms with Gasteiger partial charge in [-0.1, -0.05) is 25.8 Å². The smallest absolute Gasteiger partial charge is 0.322 e. The minimum absolute atomic E-state index is 0.165. The molecule has 3 nitrogen and oxygen atoms in total. The number of ether oxygens (including phenoxy) is 1. The second-order valence-corrected chi connectivity index (χ2v) is 5.10. The van der Waals surface area contributed by atoms with Crippen LogP contribution in [0.4, 0.5) is 0 Å². The Labute approximate surface area is 107 Å². The molecule has 1 unspecified atom stereocenters. The average Bonchev–Trinajstić information content (AvgIpc) is 2.87. The number of thiophene rings is 1. The summed E-state index contributed by atoms with van der Waals surface area (Å²) < 4.78 is 4.83. The normalized spacial score (nSPS) is 14.3. The van der Waals surface area contributed by atoms with Crippen molar-refractivity contribution in [3.8, 4) is 0 Å². The molecule has 1 rings (SSSR count). The van der Waals surface area contributed by atoms with Gasteiger partial charge in [-0.05, 0) is 24.8 Å². The van der Waals surface area contributed by atoms with Gasteiger partial charge in [0.05, 0.1) is 7.11 Å². The van der Waals surface area contributed by atoms with E-state index in [0.29, 0.717) is 0 Å². The van der Waals surface area contributed by atoms with Crippen LogP contribution in [0.5, 0.6) is 0 Å². The first-order valence-corrected chi connectivity index (χ1v) is 6.94. The highest BCUT2D eigenvalue weighted by atomic mass is 32.1. The first-order valence-electron chi connectivity index (χ1n) is 6.06. The summed E-state index contributed by atoms with van der Waals surface area (Å²) in [6.07, 6.45) is 2.95. The summed E-state index contributed by atoms with van der Waals surface area (Å²) in [6, 6.07) is 4.10. The van der Waals surface area contributed by atoms with Crippen molar-refractivity contribution in [2.45, 2.75) is 45.2 Å². The molecule has 0 fully saturated rings.